The van der Waals surface area contributed by atoms with Gasteiger partial charge in [0.15, 0.2) is 5.82 Å². The summed E-state index contributed by atoms with van der Waals surface area (Å²) < 4.78 is 0. The van der Waals surface area contributed by atoms with Gasteiger partial charge in [0.1, 0.15) is 0 Å². The molecule has 3 nitrogen and oxygen atoms in total. The minimum absolute atomic E-state index is 0.586. The van der Waals surface area contributed by atoms with Crippen LogP contribution in [0.5, 0.6) is 0 Å². The Morgan fingerprint density at radius 2 is 1.07 bits per heavy atom. The van der Waals surface area contributed by atoms with Gasteiger partial charge in [-0.05, 0) is 91.7 Å². The molecule has 2 heterocycles. The van der Waals surface area contributed by atoms with Crippen molar-refractivity contribution in [1.82, 2.24) is 9.97 Å². The Balaban J connectivity index is 1.21. The number of hydrogen-bond acceptors (Lipinski definition) is 4. The van der Waals surface area contributed by atoms with E-state index in [4.69, 9.17) is 9.97 Å². The van der Waals surface area contributed by atoms with Crippen molar-refractivity contribution < 1.29 is 0 Å². The zero-order chi connectivity index (χ0) is 37.2. The van der Waals surface area contributed by atoms with Crippen molar-refractivity contribution in [3.05, 3.63) is 216 Å². The van der Waals surface area contributed by atoms with E-state index < -0.39 is 5.41 Å². The summed E-state index contributed by atoms with van der Waals surface area (Å²) in [6.07, 6.45) is 0. The molecule has 8 aromatic carbocycles. The van der Waals surface area contributed by atoms with E-state index in [1.54, 1.807) is 0 Å². The lowest BCUT2D eigenvalue weighted by molar-refractivity contribution is 0.722. The van der Waals surface area contributed by atoms with Gasteiger partial charge >= 0.3 is 0 Å². The predicted octanol–water partition coefficient (Wildman–Crippen LogP) is 13.0. The summed E-state index contributed by atoms with van der Waals surface area (Å²) in [6.45, 7) is 0. The average molecular weight is 730 g/mol. The van der Waals surface area contributed by atoms with Crippen LogP contribution in [0.15, 0.2) is 198 Å². The summed E-state index contributed by atoms with van der Waals surface area (Å²) in [5, 5.41) is 11.9. The monoisotopic (exact) mass is 729 g/mol. The third-order valence-corrected chi connectivity index (χ3v) is 12.6. The molecule has 9 aromatic rings. The Morgan fingerprint density at radius 3 is 1.86 bits per heavy atom. The third-order valence-electron chi connectivity index (χ3n) is 11.4. The fourth-order valence-corrected chi connectivity index (χ4v) is 10.2. The van der Waals surface area contributed by atoms with Gasteiger partial charge < -0.3 is 0 Å². The molecule has 0 saturated carbocycles. The van der Waals surface area contributed by atoms with Gasteiger partial charge in [-0.3, -0.25) is 0 Å². The first-order chi connectivity index (χ1) is 27.7. The van der Waals surface area contributed by atoms with Crippen molar-refractivity contribution in [3.63, 3.8) is 0 Å². The number of fused-ring (bicyclic) bond motifs is 10. The first kappa shape index (κ1) is 32.4. The van der Waals surface area contributed by atoms with Crippen molar-refractivity contribution in [1.29, 1.82) is 5.26 Å². The zero-order valence-electron chi connectivity index (χ0n) is 30.1. The van der Waals surface area contributed by atoms with Crippen molar-refractivity contribution >= 4 is 22.5 Å². The molecule has 0 saturated heterocycles. The Bertz CT molecular complexity index is 3020. The molecular formula is C52H31N3S. The van der Waals surface area contributed by atoms with E-state index in [1.807, 2.05) is 30.0 Å². The Labute approximate surface area is 329 Å². The van der Waals surface area contributed by atoms with Crippen LogP contribution in [0.25, 0.3) is 66.9 Å². The SMILES string of the molecule is N#Cc1ccc(-c2cccc3c2-c2ccc(-c4nc(-c5ccccc5)cc(-c5cccc6ccccc56)n4)cc2C32c3ccccc3Sc3ccccc32)cc1. The number of aromatic nitrogens is 2. The maximum Gasteiger partial charge on any atom is 0.160 e. The maximum absolute atomic E-state index is 9.60. The molecule has 0 bridgehead atoms. The van der Waals surface area contributed by atoms with Gasteiger partial charge in [0.2, 0.25) is 0 Å². The van der Waals surface area contributed by atoms with Crippen LogP contribution < -0.4 is 0 Å². The fourth-order valence-electron chi connectivity index (χ4n) is 8.97. The number of benzene rings is 8. The highest BCUT2D eigenvalue weighted by atomic mass is 32.2. The predicted molar refractivity (Wildman–Crippen MR) is 227 cm³/mol. The molecule has 0 N–H and O–H groups in total. The summed E-state index contributed by atoms with van der Waals surface area (Å²) >= 11 is 1.84. The minimum Gasteiger partial charge on any atom is -0.228 e. The fraction of sp³-hybridized carbons (Fsp3) is 0.0192. The normalized spacial score (nSPS) is 13.1. The van der Waals surface area contributed by atoms with Crippen LogP contribution in [0.2, 0.25) is 0 Å². The Hall–Kier alpha value is -7.06. The highest BCUT2D eigenvalue weighted by Crippen LogP contribution is 2.63. The van der Waals surface area contributed by atoms with Crippen LogP contribution in [-0.2, 0) is 5.41 Å². The largest absolute Gasteiger partial charge is 0.228 e. The number of nitrogens with zero attached hydrogens (tertiary/aromatic N) is 3. The Morgan fingerprint density at radius 1 is 0.446 bits per heavy atom. The van der Waals surface area contributed by atoms with E-state index >= 15 is 0 Å². The molecule has 11 rings (SSSR count). The third kappa shape index (κ3) is 4.85. The molecule has 0 radical (unpaired) electrons. The van der Waals surface area contributed by atoms with Gasteiger partial charge in [-0.15, -0.1) is 0 Å². The summed E-state index contributed by atoms with van der Waals surface area (Å²) in [5.74, 6) is 0.683. The lowest BCUT2D eigenvalue weighted by atomic mass is 9.67. The molecule has 0 amide bonds. The molecule has 0 atom stereocenters. The second kappa shape index (κ2) is 12.8. The lowest BCUT2D eigenvalue weighted by Gasteiger charge is -2.39. The minimum atomic E-state index is -0.586. The standard InChI is InChI=1S/C52H31N3S/c53-32-33-24-26-35(27-25-33)39-17-11-21-44-50(39)41-29-28-37(30-45(41)52(44)42-19-6-8-22-48(42)56-49-23-9-7-20-43(49)52)51-54-46(36-13-2-1-3-14-36)31-47(55-51)40-18-10-15-34-12-4-5-16-38(34)40/h1-31H. The van der Waals surface area contributed by atoms with Crippen molar-refractivity contribution in [2.45, 2.75) is 15.2 Å². The van der Waals surface area contributed by atoms with Gasteiger partial charge in [0.25, 0.3) is 0 Å². The van der Waals surface area contributed by atoms with E-state index in [0.717, 1.165) is 44.6 Å². The summed E-state index contributed by atoms with van der Waals surface area (Å²) in [6, 6.07) is 69.0. The van der Waals surface area contributed by atoms with Gasteiger partial charge in [-0.1, -0.05) is 163 Å². The van der Waals surface area contributed by atoms with Gasteiger partial charge in [0, 0.05) is 26.5 Å². The van der Waals surface area contributed by atoms with Crippen molar-refractivity contribution in [3.8, 4) is 62.2 Å². The molecule has 4 heteroatoms. The highest BCUT2D eigenvalue weighted by molar-refractivity contribution is 7.99. The topological polar surface area (TPSA) is 49.6 Å². The smallest absolute Gasteiger partial charge is 0.160 e. The Kier molecular flexibility index (Phi) is 7.38. The molecule has 2 aliphatic rings. The number of rotatable bonds is 4. The summed E-state index contributed by atoms with van der Waals surface area (Å²) in [7, 11) is 0. The molecule has 260 valence electrons. The first-order valence-electron chi connectivity index (χ1n) is 18.8. The van der Waals surface area contributed by atoms with Crippen LogP contribution in [0, 0.1) is 11.3 Å². The highest BCUT2D eigenvalue weighted by Gasteiger charge is 2.51. The zero-order valence-corrected chi connectivity index (χ0v) is 31.0. The van der Waals surface area contributed by atoms with Crippen LogP contribution in [0.3, 0.4) is 0 Å². The molecule has 0 unspecified atom stereocenters. The van der Waals surface area contributed by atoms with E-state index in [9.17, 15) is 5.26 Å². The quantitative estimate of drug-likeness (QED) is 0.181. The van der Waals surface area contributed by atoms with E-state index in [1.165, 1.54) is 48.6 Å². The van der Waals surface area contributed by atoms with Crippen molar-refractivity contribution in [2.24, 2.45) is 0 Å². The first-order valence-corrected chi connectivity index (χ1v) is 19.6. The van der Waals surface area contributed by atoms with Gasteiger partial charge in [0.05, 0.1) is 28.4 Å². The van der Waals surface area contributed by atoms with E-state index in [-0.39, 0.29) is 0 Å². The summed E-state index contributed by atoms with van der Waals surface area (Å²) in [4.78, 5) is 13.2. The molecule has 1 spiro atoms. The molecule has 0 fully saturated rings. The van der Waals surface area contributed by atoms with Gasteiger partial charge in [-0.2, -0.15) is 5.26 Å². The number of hydrogen-bond donors (Lipinski definition) is 0. The van der Waals surface area contributed by atoms with Crippen LogP contribution in [0.4, 0.5) is 0 Å². The average Bonchev–Trinajstić information content (AvgIpc) is 3.56. The van der Waals surface area contributed by atoms with Gasteiger partial charge in [-0.25, -0.2) is 9.97 Å². The van der Waals surface area contributed by atoms with Crippen molar-refractivity contribution in [2.75, 3.05) is 0 Å². The maximum atomic E-state index is 9.60. The van der Waals surface area contributed by atoms with Crippen LogP contribution in [0.1, 0.15) is 27.8 Å². The second-order valence-electron chi connectivity index (χ2n) is 14.4. The molecule has 1 aliphatic heterocycles. The van der Waals surface area contributed by atoms with E-state index in [2.05, 4.69) is 176 Å². The summed E-state index contributed by atoms with van der Waals surface area (Å²) in [5.41, 5.74) is 14.5. The molecule has 1 aromatic heterocycles. The molecule has 1 aliphatic carbocycles. The number of nitriles is 1. The molecular weight excluding hydrogens is 699 g/mol. The van der Waals surface area contributed by atoms with E-state index in [0.29, 0.717) is 11.4 Å². The lowest BCUT2D eigenvalue weighted by Crippen LogP contribution is -2.32. The van der Waals surface area contributed by atoms with Crippen LogP contribution >= 0.6 is 11.8 Å². The molecule has 56 heavy (non-hydrogen) atoms. The van der Waals surface area contributed by atoms with Crippen LogP contribution in [-0.4, -0.2) is 9.97 Å². The second-order valence-corrected chi connectivity index (χ2v) is 15.5.